The second-order valence-corrected chi connectivity index (χ2v) is 5.86. The van der Waals surface area contributed by atoms with E-state index in [1.807, 2.05) is 19.9 Å². The molecular weight excluding hydrogens is 255 g/mol. The Hall–Kier alpha value is -1.13. The summed E-state index contributed by atoms with van der Waals surface area (Å²) in [6, 6.07) is 5.06. The molecule has 0 aromatic heterocycles. The third-order valence-corrected chi connectivity index (χ3v) is 4.15. The van der Waals surface area contributed by atoms with Gasteiger partial charge in [0.1, 0.15) is 5.82 Å². The Morgan fingerprint density at radius 3 is 2.95 bits per heavy atom. The Morgan fingerprint density at radius 1 is 1.45 bits per heavy atom. The van der Waals surface area contributed by atoms with E-state index in [0.29, 0.717) is 0 Å². The Bertz CT molecular complexity index is 452. The summed E-state index contributed by atoms with van der Waals surface area (Å²) >= 11 is 0. The van der Waals surface area contributed by atoms with E-state index in [-0.39, 0.29) is 18.0 Å². The highest BCUT2D eigenvalue weighted by Gasteiger charge is 2.23. The molecule has 1 heterocycles. The molecule has 0 spiro atoms. The minimum atomic E-state index is -0.209. The molecule has 1 atom stereocenters. The Labute approximate surface area is 120 Å². The van der Waals surface area contributed by atoms with Crippen LogP contribution in [-0.4, -0.2) is 36.9 Å². The first-order valence-corrected chi connectivity index (χ1v) is 7.47. The molecule has 0 saturated carbocycles. The summed E-state index contributed by atoms with van der Waals surface area (Å²) < 4.78 is 13.3. The van der Waals surface area contributed by atoms with Gasteiger partial charge in [0.25, 0.3) is 0 Å². The molecule has 112 valence electrons. The fraction of sp³-hybridized carbons (Fsp3) is 0.625. The maximum atomic E-state index is 13.3. The Kier molecular flexibility index (Phi) is 5.00. The molecule has 0 bridgehead atoms. The molecular formula is C16H25FN2O. The van der Waals surface area contributed by atoms with Crippen molar-refractivity contribution >= 4 is 5.69 Å². The summed E-state index contributed by atoms with van der Waals surface area (Å²) in [4.78, 5) is 2.25. The minimum absolute atomic E-state index is 0.145. The molecule has 2 N–H and O–H groups in total. The van der Waals surface area contributed by atoms with E-state index in [1.54, 1.807) is 6.07 Å². The van der Waals surface area contributed by atoms with Crippen molar-refractivity contribution in [2.45, 2.75) is 38.6 Å². The van der Waals surface area contributed by atoms with Crippen molar-refractivity contribution in [2.24, 2.45) is 0 Å². The van der Waals surface area contributed by atoms with E-state index in [4.69, 9.17) is 0 Å². The zero-order valence-corrected chi connectivity index (χ0v) is 12.5. The van der Waals surface area contributed by atoms with Crippen molar-refractivity contribution in [1.29, 1.82) is 0 Å². The second-order valence-electron chi connectivity index (χ2n) is 5.86. The highest BCUT2D eigenvalue weighted by atomic mass is 19.1. The first-order chi connectivity index (χ1) is 9.58. The highest BCUT2D eigenvalue weighted by Crippen LogP contribution is 2.29. The number of hydrogen-bond acceptors (Lipinski definition) is 3. The van der Waals surface area contributed by atoms with Crippen molar-refractivity contribution in [3.63, 3.8) is 0 Å². The average molecular weight is 280 g/mol. The van der Waals surface area contributed by atoms with Crippen LogP contribution in [0.3, 0.4) is 0 Å². The molecule has 1 aromatic rings. The zero-order chi connectivity index (χ0) is 14.6. The van der Waals surface area contributed by atoms with Gasteiger partial charge in [-0.25, -0.2) is 4.39 Å². The molecule has 1 aliphatic heterocycles. The van der Waals surface area contributed by atoms with Crippen molar-refractivity contribution in [2.75, 3.05) is 31.1 Å². The number of nitrogens with one attached hydrogen (secondary N) is 1. The number of aliphatic hydroxyl groups excluding tert-OH is 1. The molecule has 2 rings (SSSR count). The van der Waals surface area contributed by atoms with Gasteiger partial charge in [-0.3, -0.25) is 0 Å². The van der Waals surface area contributed by atoms with Crippen LogP contribution >= 0.6 is 0 Å². The summed E-state index contributed by atoms with van der Waals surface area (Å²) in [5.41, 5.74) is 2.07. The maximum absolute atomic E-state index is 13.3. The van der Waals surface area contributed by atoms with E-state index >= 15 is 0 Å². The predicted molar refractivity (Wildman–Crippen MR) is 80.7 cm³/mol. The van der Waals surface area contributed by atoms with E-state index in [1.165, 1.54) is 11.6 Å². The molecule has 1 aliphatic rings. The number of nitrogens with zero attached hydrogens (tertiary/aromatic N) is 1. The third-order valence-electron chi connectivity index (χ3n) is 4.15. The molecule has 0 fully saturated rings. The smallest absolute Gasteiger partial charge is 0.125 e. The predicted octanol–water partition coefficient (Wildman–Crippen LogP) is 2.33. The maximum Gasteiger partial charge on any atom is 0.125 e. The lowest BCUT2D eigenvalue weighted by Crippen LogP contribution is -2.46. The first-order valence-electron chi connectivity index (χ1n) is 7.47. The van der Waals surface area contributed by atoms with Gasteiger partial charge in [-0.1, -0.05) is 13.0 Å². The minimum Gasteiger partial charge on any atom is -0.394 e. The van der Waals surface area contributed by atoms with Crippen LogP contribution in [0.1, 0.15) is 32.3 Å². The number of aliphatic hydroxyl groups is 1. The number of halogens is 1. The van der Waals surface area contributed by atoms with E-state index in [0.717, 1.165) is 44.6 Å². The first kappa shape index (κ1) is 15.3. The Morgan fingerprint density at radius 2 is 2.25 bits per heavy atom. The third kappa shape index (κ3) is 3.49. The zero-order valence-electron chi connectivity index (χ0n) is 12.5. The average Bonchev–Trinajstić information content (AvgIpc) is 2.82. The van der Waals surface area contributed by atoms with Gasteiger partial charge in [0.15, 0.2) is 0 Å². The van der Waals surface area contributed by atoms with Gasteiger partial charge in [0.2, 0.25) is 0 Å². The summed E-state index contributed by atoms with van der Waals surface area (Å²) in [5, 5.41) is 12.8. The topological polar surface area (TPSA) is 35.5 Å². The normalized spacial score (nSPS) is 17.1. The van der Waals surface area contributed by atoms with Crippen LogP contribution in [0.2, 0.25) is 0 Å². The highest BCUT2D eigenvalue weighted by molar-refractivity contribution is 5.58. The van der Waals surface area contributed by atoms with E-state index in [2.05, 4.69) is 10.2 Å². The van der Waals surface area contributed by atoms with Crippen molar-refractivity contribution in [1.82, 2.24) is 5.32 Å². The van der Waals surface area contributed by atoms with Gasteiger partial charge < -0.3 is 15.3 Å². The van der Waals surface area contributed by atoms with Gasteiger partial charge in [0, 0.05) is 24.3 Å². The van der Waals surface area contributed by atoms with Crippen molar-refractivity contribution in [3.05, 3.63) is 29.6 Å². The number of rotatable bonds is 7. The summed E-state index contributed by atoms with van der Waals surface area (Å²) in [6.07, 6.45) is 2.90. The molecule has 0 amide bonds. The number of likely N-dealkylation sites (N-methyl/N-ethyl adjacent to an activating group) is 1. The number of anilines is 1. The van der Waals surface area contributed by atoms with Gasteiger partial charge in [0.05, 0.1) is 6.61 Å². The fourth-order valence-electron chi connectivity index (χ4n) is 2.96. The van der Waals surface area contributed by atoms with Crippen LogP contribution < -0.4 is 10.2 Å². The van der Waals surface area contributed by atoms with Crippen LogP contribution in [-0.2, 0) is 6.42 Å². The van der Waals surface area contributed by atoms with Crippen molar-refractivity contribution in [3.8, 4) is 0 Å². The second kappa shape index (κ2) is 6.55. The molecule has 1 aromatic carbocycles. The van der Waals surface area contributed by atoms with Crippen LogP contribution in [0, 0.1) is 5.82 Å². The quantitative estimate of drug-likeness (QED) is 0.804. The van der Waals surface area contributed by atoms with Crippen LogP contribution in [0.5, 0.6) is 0 Å². The van der Waals surface area contributed by atoms with Crippen molar-refractivity contribution < 1.29 is 9.50 Å². The number of hydrogen-bond donors (Lipinski definition) is 2. The molecule has 0 radical (unpaired) electrons. The summed E-state index contributed by atoms with van der Waals surface area (Å²) in [6.45, 7) is 6.98. The van der Waals surface area contributed by atoms with Gasteiger partial charge in [-0.05, 0) is 50.4 Å². The lowest BCUT2D eigenvalue weighted by Gasteiger charge is -2.29. The lowest BCUT2D eigenvalue weighted by atomic mass is 9.96. The molecule has 4 heteroatoms. The standard InChI is InChI=1S/C16H25FN2O/c1-3-18-16(2,12-20)8-4-9-19-10-7-13-5-6-14(17)11-15(13)19/h5-6,11,18,20H,3-4,7-10,12H2,1-2H3. The monoisotopic (exact) mass is 280 g/mol. The summed E-state index contributed by atoms with van der Waals surface area (Å²) in [7, 11) is 0. The van der Waals surface area contributed by atoms with Gasteiger partial charge in [-0.15, -0.1) is 0 Å². The SMILES string of the molecule is CCNC(C)(CO)CCCN1CCc2ccc(F)cc21. The fourth-order valence-corrected chi connectivity index (χ4v) is 2.96. The van der Waals surface area contributed by atoms with Gasteiger partial charge >= 0.3 is 0 Å². The van der Waals surface area contributed by atoms with Crippen LogP contribution in [0.25, 0.3) is 0 Å². The largest absolute Gasteiger partial charge is 0.394 e. The molecule has 0 saturated heterocycles. The van der Waals surface area contributed by atoms with Gasteiger partial charge in [-0.2, -0.15) is 0 Å². The number of fused-ring (bicyclic) bond motifs is 1. The van der Waals surface area contributed by atoms with Crippen LogP contribution in [0.15, 0.2) is 18.2 Å². The number of benzene rings is 1. The molecule has 20 heavy (non-hydrogen) atoms. The lowest BCUT2D eigenvalue weighted by molar-refractivity contribution is 0.166. The molecule has 1 unspecified atom stereocenters. The van der Waals surface area contributed by atoms with E-state index < -0.39 is 0 Å². The van der Waals surface area contributed by atoms with Crippen LogP contribution in [0.4, 0.5) is 10.1 Å². The summed E-state index contributed by atoms with van der Waals surface area (Å²) in [5.74, 6) is -0.163. The molecule has 3 nitrogen and oxygen atoms in total. The molecule has 0 aliphatic carbocycles. The van der Waals surface area contributed by atoms with E-state index in [9.17, 15) is 9.50 Å². The Balaban J connectivity index is 1.89.